The zero-order valence-corrected chi connectivity index (χ0v) is 22.0. The summed E-state index contributed by atoms with van der Waals surface area (Å²) in [5, 5.41) is 2.90. The minimum Gasteiger partial charge on any atom is -0.346 e. The van der Waals surface area contributed by atoms with E-state index in [-0.39, 0.29) is 42.4 Å². The van der Waals surface area contributed by atoms with Gasteiger partial charge in [-0.2, -0.15) is 0 Å². The van der Waals surface area contributed by atoms with Crippen LogP contribution in [0.4, 0.5) is 0 Å². The van der Waals surface area contributed by atoms with Crippen LogP contribution in [0.2, 0.25) is 0 Å². The Bertz CT molecular complexity index is 1030. The van der Waals surface area contributed by atoms with Gasteiger partial charge in [0.1, 0.15) is 5.82 Å². The molecule has 0 saturated carbocycles. The third-order valence-corrected chi connectivity index (χ3v) is 7.18. The lowest BCUT2D eigenvalue weighted by Crippen LogP contribution is -2.49. The zero-order chi connectivity index (χ0) is 25.5. The molecule has 1 fully saturated rings. The molecular weight excluding hydrogens is 440 g/mol. The highest BCUT2D eigenvalue weighted by Crippen LogP contribution is 2.24. The molecular formula is C28H42N4O3. The molecule has 2 N–H and O–H groups in total. The van der Waals surface area contributed by atoms with Gasteiger partial charge in [0.15, 0.2) is 5.78 Å². The van der Waals surface area contributed by atoms with E-state index in [1.165, 1.54) is 0 Å². The molecule has 192 valence electrons. The van der Waals surface area contributed by atoms with Crippen LogP contribution < -0.4 is 5.32 Å². The Morgan fingerprint density at radius 3 is 2.63 bits per heavy atom. The standard InChI is InChI=1S/C28H42N4O3/c1-6-21-11-7-8-15-32(21)26(35)17-23(29-25(34)14-13-18(2)3)24(33)16-20(5)28-30-22-12-9-10-19(4)27(22)31-28/h9-10,12,18,20-21,23H,6-8,11,13-17H2,1-5H3,(H,29,34)(H,30,31)/t20-,21+,23+/m1/s1. The molecule has 3 rings (SSSR count). The Kier molecular flexibility index (Phi) is 9.47. The summed E-state index contributed by atoms with van der Waals surface area (Å²) in [5.41, 5.74) is 2.94. The molecule has 1 aromatic carbocycles. The summed E-state index contributed by atoms with van der Waals surface area (Å²) >= 11 is 0. The van der Waals surface area contributed by atoms with Gasteiger partial charge in [-0.3, -0.25) is 14.4 Å². The van der Waals surface area contributed by atoms with E-state index < -0.39 is 6.04 Å². The van der Waals surface area contributed by atoms with Gasteiger partial charge in [-0.05, 0) is 56.6 Å². The van der Waals surface area contributed by atoms with Gasteiger partial charge >= 0.3 is 0 Å². The van der Waals surface area contributed by atoms with Crippen LogP contribution >= 0.6 is 0 Å². The van der Waals surface area contributed by atoms with E-state index in [2.05, 4.69) is 31.1 Å². The number of hydrogen-bond donors (Lipinski definition) is 2. The third kappa shape index (κ3) is 7.15. The lowest BCUT2D eigenvalue weighted by atomic mass is 9.95. The molecule has 1 aromatic heterocycles. The maximum Gasteiger partial charge on any atom is 0.225 e. The van der Waals surface area contributed by atoms with Crippen LogP contribution in [0.5, 0.6) is 0 Å². The summed E-state index contributed by atoms with van der Waals surface area (Å²) in [6.07, 6.45) is 5.37. The average molecular weight is 483 g/mol. The summed E-state index contributed by atoms with van der Waals surface area (Å²) in [6.45, 7) is 10.9. The second kappa shape index (κ2) is 12.3. The highest BCUT2D eigenvalue weighted by Gasteiger charge is 2.31. The number of nitrogens with one attached hydrogen (secondary N) is 2. The van der Waals surface area contributed by atoms with Crippen LogP contribution in [0, 0.1) is 12.8 Å². The Balaban J connectivity index is 1.73. The number of amides is 2. The molecule has 2 aromatic rings. The largest absolute Gasteiger partial charge is 0.346 e. The smallest absolute Gasteiger partial charge is 0.225 e. The number of ketones is 1. The van der Waals surface area contributed by atoms with Crippen molar-refractivity contribution in [3.05, 3.63) is 29.6 Å². The number of Topliss-reactive ketones (excluding diaryl/α,β-unsaturated/α-hetero) is 1. The lowest BCUT2D eigenvalue weighted by molar-refractivity contribution is -0.138. The maximum absolute atomic E-state index is 13.4. The number of piperidine rings is 1. The molecule has 1 aliphatic heterocycles. The van der Waals surface area contributed by atoms with Gasteiger partial charge in [-0.15, -0.1) is 0 Å². The highest BCUT2D eigenvalue weighted by molar-refractivity contribution is 5.93. The van der Waals surface area contributed by atoms with Gasteiger partial charge in [-0.1, -0.05) is 39.8 Å². The number of aromatic nitrogens is 2. The highest BCUT2D eigenvalue weighted by atomic mass is 16.2. The number of para-hydroxylation sites is 1. The van der Waals surface area contributed by atoms with Crippen LogP contribution in [0.1, 0.15) is 96.4 Å². The van der Waals surface area contributed by atoms with Crippen molar-refractivity contribution < 1.29 is 14.4 Å². The van der Waals surface area contributed by atoms with Crippen molar-refractivity contribution in [3.63, 3.8) is 0 Å². The van der Waals surface area contributed by atoms with Crippen molar-refractivity contribution in [1.82, 2.24) is 20.2 Å². The summed E-state index contributed by atoms with van der Waals surface area (Å²) in [7, 11) is 0. The van der Waals surface area contributed by atoms with Crippen molar-refractivity contribution in [2.45, 2.75) is 104 Å². The predicted octanol–water partition coefficient (Wildman–Crippen LogP) is 5.04. The first-order valence-electron chi connectivity index (χ1n) is 13.3. The second-order valence-electron chi connectivity index (χ2n) is 10.6. The maximum atomic E-state index is 13.4. The fourth-order valence-electron chi connectivity index (χ4n) is 4.95. The Hall–Kier alpha value is -2.70. The molecule has 0 unspecified atom stereocenters. The Labute approximate surface area is 209 Å². The molecule has 7 nitrogen and oxygen atoms in total. The minimum atomic E-state index is -0.810. The van der Waals surface area contributed by atoms with E-state index in [1.807, 2.05) is 36.9 Å². The fraction of sp³-hybridized carbons (Fsp3) is 0.643. The molecule has 0 aliphatic carbocycles. The molecule has 3 atom stereocenters. The summed E-state index contributed by atoms with van der Waals surface area (Å²) in [4.78, 5) is 49.3. The van der Waals surface area contributed by atoms with E-state index in [1.54, 1.807) is 0 Å². The van der Waals surface area contributed by atoms with Gasteiger partial charge in [0, 0.05) is 31.3 Å². The predicted molar refractivity (Wildman–Crippen MR) is 139 cm³/mol. The topological polar surface area (TPSA) is 95.2 Å². The van der Waals surface area contributed by atoms with Gasteiger partial charge in [0.05, 0.1) is 23.5 Å². The van der Waals surface area contributed by atoms with Crippen molar-refractivity contribution in [2.75, 3.05) is 6.54 Å². The fourth-order valence-corrected chi connectivity index (χ4v) is 4.95. The van der Waals surface area contributed by atoms with E-state index in [0.717, 1.165) is 61.1 Å². The molecule has 2 amide bonds. The number of aromatic amines is 1. The molecule has 0 radical (unpaired) electrons. The second-order valence-corrected chi connectivity index (χ2v) is 10.6. The molecule has 35 heavy (non-hydrogen) atoms. The molecule has 1 saturated heterocycles. The molecule has 0 bridgehead atoms. The Morgan fingerprint density at radius 1 is 1.17 bits per heavy atom. The number of nitrogens with zero attached hydrogens (tertiary/aromatic N) is 2. The van der Waals surface area contributed by atoms with E-state index in [0.29, 0.717) is 12.3 Å². The molecule has 2 heterocycles. The third-order valence-electron chi connectivity index (χ3n) is 7.18. The first kappa shape index (κ1) is 26.9. The summed E-state index contributed by atoms with van der Waals surface area (Å²) in [5.74, 6) is 0.671. The van der Waals surface area contributed by atoms with Crippen LogP contribution in [0.25, 0.3) is 11.0 Å². The summed E-state index contributed by atoms with van der Waals surface area (Å²) in [6, 6.07) is 5.39. The van der Waals surface area contributed by atoms with Gasteiger partial charge in [0.2, 0.25) is 11.8 Å². The van der Waals surface area contributed by atoms with Gasteiger partial charge in [-0.25, -0.2) is 4.98 Å². The number of rotatable bonds is 11. The first-order chi connectivity index (χ1) is 16.7. The van der Waals surface area contributed by atoms with Gasteiger partial charge in [0.25, 0.3) is 0 Å². The number of benzene rings is 1. The van der Waals surface area contributed by atoms with Crippen molar-refractivity contribution in [2.24, 2.45) is 5.92 Å². The van der Waals surface area contributed by atoms with E-state index in [9.17, 15) is 14.4 Å². The van der Waals surface area contributed by atoms with E-state index >= 15 is 0 Å². The molecule has 0 spiro atoms. The van der Waals surface area contributed by atoms with Crippen molar-refractivity contribution in [1.29, 1.82) is 0 Å². The van der Waals surface area contributed by atoms with Crippen molar-refractivity contribution >= 4 is 28.6 Å². The monoisotopic (exact) mass is 482 g/mol. The van der Waals surface area contributed by atoms with Gasteiger partial charge < -0.3 is 15.2 Å². The van der Waals surface area contributed by atoms with Crippen LogP contribution in [-0.2, 0) is 14.4 Å². The number of carbonyl (C=O) groups excluding carboxylic acids is 3. The van der Waals surface area contributed by atoms with Crippen LogP contribution in [0.15, 0.2) is 18.2 Å². The number of fused-ring (bicyclic) bond motifs is 1. The number of imidazole rings is 1. The van der Waals surface area contributed by atoms with Crippen molar-refractivity contribution in [3.8, 4) is 0 Å². The zero-order valence-electron chi connectivity index (χ0n) is 22.0. The number of carbonyl (C=O) groups is 3. The van der Waals surface area contributed by atoms with Crippen LogP contribution in [-0.4, -0.2) is 51.1 Å². The number of likely N-dealkylation sites (tertiary alicyclic amines) is 1. The van der Waals surface area contributed by atoms with Crippen LogP contribution in [0.3, 0.4) is 0 Å². The lowest BCUT2D eigenvalue weighted by Gasteiger charge is -2.36. The number of aryl methyl sites for hydroxylation is 1. The quantitative estimate of drug-likeness (QED) is 0.469. The Morgan fingerprint density at radius 2 is 1.94 bits per heavy atom. The SMILES string of the molecule is CC[C@H]1CCCCN1C(=O)C[C@H](NC(=O)CCC(C)C)C(=O)C[C@@H](C)c1nc2c(C)cccc2[nH]1. The number of H-pyrrole nitrogens is 1. The first-order valence-corrected chi connectivity index (χ1v) is 13.3. The molecule has 7 heteroatoms. The summed E-state index contributed by atoms with van der Waals surface area (Å²) < 4.78 is 0. The number of hydrogen-bond acceptors (Lipinski definition) is 4. The minimum absolute atomic E-state index is 0.0225. The average Bonchev–Trinajstić information content (AvgIpc) is 3.28. The molecule has 1 aliphatic rings. The van der Waals surface area contributed by atoms with E-state index in [4.69, 9.17) is 4.98 Å². The normalized spacial score (nSPS) is 18.0.